The summed E-state index contributed by atoms with van der Waals surface area (Å²) in [5.74, 6) is 1.51. The van der Waals surface area contributed by atoms with Gasteiger partial charge in [0.1, 0.15) is 5.75 Å². The molecule has 0 saturated carbocycles. The summed E-state index contributed by atoms with van der Waals surface area (Å²) in [6.07, 6.45) is 0.630. The summed E-state index contributed by atoms with van der Waals surface area (Å²) >= 11 is 0. The second-order valence-corrected chi connectivity index (χ2v) is 2.76. The van der Waals surface area contributed by atoms with E-state index >= 15 is 0 Å². The number of rotatable bonds is 3. The average Bonchev–Trinajstić information content (AvgIpc) is 2.71. The van der Waals surface area contributed by atoms with Gasteiger partial charge in [0.15, 0.2) is 5.82 Å². The van der Waals surface area contributed by atoms with Gasteiger partial charge in [-0.1, -0.05) is 12.1 Å². The molecule has 0 bridgehead atoms. The topological polar surface area (TPSA) is 63.7 Å². The van der Waals surface area contributed by atoms with Gasteiger partial charge in [0, 0.05) is 12.0 Å². The predicted molar refractivity (Wildman–Crippen MR) is 48.8 cm³/mol. The van der Waals surface area contributed by atoms with E-state index in [1.165, 1.54) is 0 Å². The molecule has 1 aromatic heterocycles. The minimum atomic E-state index is 0.630. The van der Waals surface area contributed by atoms with Crippen molar-refractivity contribution < 1.29 is 4.74 Å². The largest absolute Gasteiger partial charge is 0.496 e. The molecule has 1 radical (unpaired) electrons. The summed E-state index contributed by atoms with van der Waals surface area (Å²) in [7, 11) is 1.63. The molecule has 0 saturated heterocycles. The maximum Gasteiger partial charge on any atom is 0.153 e. The van der Waals surface area contributed by atoms with Gasteiger partial charge in [-0.15, -0.1) is 5.10 Å². The van der Waals surface area contributed by atoms with E-state index in [-0.39, 0.29) is 0 Å². The van der Waals surface area contributed by atoms with Crippen molar-refractivity contribution in [2.45, 2.75) is 6.42 Å². The summed E-state index contributed by atoms with van der Waals surface area (Å²) < 4.78 is 5.18. The molecule has 1 heterocycles. The summed E-state index contributed by atoms with van der Waals surface area (Å²) in [6.45, 7) is 0. The molecule has 2 aromatic rings. The van der Waals surface area contributed by atoms with Crippen LogP contribution in [0.2, 0.25) is 0 Å². The Kier molecular flexibility index (Phi) is 2.40. The fourth-order valence-electron chi connectivity index (χ4n) is 1.22. The first-order chi connectivity index (χ1) is 6.90. The van der Waals surface area contributed by atoms with Crippen molar-refractivity contribution >= 4 is 0 Å². The van der Waals surface area contributed by atoms with Gasteiger partial charge in [-0.05, 0) is 22.6 Å². The highest BCUT2D eigenvalue weighted by Gasteiger charge is 2.04. The number of nitrogens with zero attached hydrogens (tertiary/aromatic N) is 3. The molecule has 1 aromatic carbocycles. The lowest BCUT2D eigenvalue weighted by Gasteiger charge is -2.04. The Balaban J connectivity index is 2.24. The molecule has 0 aliphatic heterocycles. The number of H-pyrrole nitrogens is 1. The van der Waals surface area contributed by atoms with Crippen LogP contribution in [0.4, 0.5) is 0 Å². The number of tetrazole rings is 1. The van der Waals surface area contributed by atoms with Crippen LogP contribution < -0.4 is 4.74 Å². The first kappa shape index (κ1) is 8.68. The van der Waals surface area contributed by atoms with E-state index in [0.29, 0.717) is 6.42 Å². The van der Waals surface area contributed by atoms with Crippen LogP contribution in [-0.2, 0) is 6.42 Å². The normalized spacial score (nSPS) is 10.1. The van der Waals surface area contributed by atoms with Crippen molar-refractivity contribution in [3.05, 3.63) is 35.7 Å². The van der Waals surface area contributed by atoms with Crippen LogP contribution in [0, 0.1) is 6.07 Å². The van der Waals surface area contributed by atoms with E-state index in [2.05, 4.69) is 26.7 Å². The predicted octanol–water partition coefficient (Wildman–Crippen LogP) is 0.599. The van der Waals surface area contributed by atoms with Gasteiger partial charge in [-0.25, -0.2) is 5.10 Å². The van der Waals surface area contributed by atoms with Crippen LogP contribution in [0.5, 0.6) is 5.75 Å². The highest BCUT2D eigenvalue weighted by molar-refractivity contribution is 5.34. The monoisotopic (exact) mass is 189 g/mol. The minimum Gasteiger partial charge on any atom is -0.496 e. The summed E-state index contributed by atoms with van der Waals surface area (Å²) in [6, 6.07) is 8.50. The molecule has 0 aliphatic rings. The first-order valence-corrected chi connectivity index (χ1v) is 4.15. The van der Waals surface area contributed by atoms with E-state index in [0.717, 1.165) is 17.1 Å². The van der Waals surface area contributed by atoms with Crippen LogP contribution in [0.1, 0.15) is 11.4 Å². The van der Waals surface area contributed by atoms with Crippen LogP contribution in [-0.4, -0.2) is 27.7 Å². The molecular weight excluding hydrogens is 180 g/mol. The number of hydrogen-bond acceptors (Lipinski definition) is 4. The quantitative estimate of drug-likeness (QED) is 0.767. The summed E-state index contributed by atoms with van der Waals surface area (Å²) in [5, 5.41) is 13.5. The highest BCUT2D eigenvalue weighted by atomic mass is 16.5. The molecule has 5 nitrogen and oxygen atoms in total. The van der Waals surface area contributed by atoms with E-state index in [4.69, 9.17) is 4.74 Å². The van der Waals surface area contributed by atoms with E-state index in [1.807, 2.05) is 12.1 Å². The molecule has 0 aliphatic carbocycles. The smallest absolute Gasteiger partial charge is 0.153 e. The maximum absolute atomic E-state index is 5.18. The molecule has 1 N–H and O–H groups in total. The van der Waals surface area contributed by atoms with Crippen LogP contribution >= 0.6 is 0 Å². The third-order valence-corrected chi connectivity index (χ3v) is 1.88. The first-order valence-electron chi connectivity index (χ1n) is 4.15. The van der Waals surface area contributed by atoms with Gasteiger partial charge >= 0.3 is 0 Å². The Hall–Kier alpha value is -1.91. The van der Waals surface area contributed by atoms with Gasteiger partial charge in [0.05, 0.1) is 7.11 Å². The maximum atomic E-state index is 5.18. The number of hydrogen-bond donors (Lipinski definition) is 1. The SMILES string of the molecule is COc1c[c]ccc1Cc1nnn[nH]1. The lowest BCUT2D eigenvalue weighted by Crippen LogP contribution is -1.95. The molecule has 0 fully saturated rings. The molecule has 0 atom stereocenters. The Morgan fingerprint density at radius 3 is 3.21 bits per heavy atom. The fourth-order valence-corrected chi connectivity index (χ4v) is 1.22. The van der Waals surface area contributed by atoms with Crippen LogP contribution in [0.15, 0.2) is 18.2 Å². The fraction of sp³-hybridized carbons (Fsp3) is 0.222. The number of benzene rings is 1. The summed E-state index contributed by atoms with van der Waals surface area (Å²) in [5.41, 5.74) is 1.03. The van der Waals surface area contributed by atoms with Crippen molar-refractivity contribution in [1.29, 1.82) is 0 Å². The van der Waals surface area contributed by atoms with Gasteiger partial charge < -0.3 is 4.74 Å². The second-order valence-electron chi connectivity index (χ2n) is 2.76. The van der Waals surface area contributed by atoms with Crippen LogP contribution in [0.3, 0.4) is 0 Å². The van der Waals surface area contributed by atoms with Crippen molar-refractivity contribution in [2.24, 2.45) is 0 Å². The lowest BCUT2D eigenvalue weighted by atomic mass is 10.1. The zero-order valence-electron chi connectivity index (χ0n) is 7.69. The lowest BCUT2D eigenvalue weighted by molar-refractivity contribution is 0.410. The number of methoxy groups -OCH3 is 1. The summed E-state index contributed by atoms with van der Waals surface area (Å²) in [4.78, 5) is 0. The number of aromatic nitrogens is 4. The molecular formula is C9H9N4O. The van der Waals surface area contributed by atoms with Crippen molar-refractivity contribution in [1.82, 2.24) is 20.6 Å². The molecule has 0 amide bonds. The molecule has 5 heteroatoms. The second kappa shape index (κ2) is 3.87. The standard InChI is InChI=1S/C9H9N4O/c1-14-8-5-3-2-4-7(8)6-9-10-12-13-11-9/h2,4-5H,6H2,1H3,(H,10,11,12,13). The Morgan fingerprint density at radius 2 is 2.50 bits per heavy atom. The molecule has 14 heavy (non-hydrogen) atoms. The van der Waals surface area contributed by atoms with Gasteiger partial charge in [0.25, 0.3) is 0 Å². The van der Waals surface area contributed by atoms with Gasteiger partial charge in [-0.3, -0.25) is 0 Å². The zero-order chi connectivity index (χ0) is 9.80. The molecule has 0 unspecified atom stereocenters. The zero-order valence-corrected chi connectivity index (χ0v) is 7.69. The Bertz CT molecular complexity index is 399. The van der Waals surface area contributed by atoms with Crippen molar-refractivity contribution in [3.63, 3.8) is 0 Å². The van der Waals surface area contributed by atoms with E-state index < -0.39 is 0 Å². The molecule has 71 valence electrons. The number of ether oxygens (including phenoxy) is 1. The van der Waals surface area contributed by atoms with E-state index in [9.17, 15) is 0 Å². The molecule has 0 spiro atoms. The van der Waals surface area contributed by atoms with Gasteiger partial charge in [0.2, 0.25) is 0 Å². The Labute approximate surface area is 81.1 Å². The van der Waals surface area contributed by atoms with Crippen molar-refractivity contribution in [3.8, 4) is 5.75 Å². The Morgan fingerprint density at radius 1 is 1.57 bits per heavy atom. The third-order valence-electron chi connectivity index (χ3n) is 1.88. The number of nitrogens with one attached hydrogen (secondary N) is 1. The minimum absolute atomic E-state index is 0.630. The average molecular weight is 189 g/mol. The van der Waals surface area contributed by atoms with Crippen LogP contribution in [0.25, 0.3) is 0 Å². The van der Waals surface area contributed by atoms with Gasteiger partial charge in [-0.2, -0.15) is 0 Å². The number of aromatic amines is 1. The molecule has 2 rings (SSSR count). The highest BCUT2D eigenvalue weighted by Crippen LogP contribution is 2.18. The third kappa shape index (κ3) is 1.71. The van der Waals surface area contributed by atoms with E-state index in [1.54, 1.807) is 13.2 Å². The van der Waals surface area contributed by atoms with Crippen molar-refractivity contribution in [2.75, 3.05) is 7.11 Å².